The lowest BCUT2D eigenvalue weighted by Crippen LogP contribution is -2.42. The lowest BCUT2D eigenvalue weighted by atomic mass is 10.1. The Morgan fingerprint density at radius 2 is 2.05 bits per heavy atom. The number of hydrogen-bond donors (Lipinski definition) is 2. The van der Waals surface area contributed by atoms with Crippen molar-refractivity contribution in [2.45, 2.75) is 19.4 Å². The van der Waals surface area contributed by atoms with Crippen molar-refractivity contribution < 1.29 is 23.5 Å². The monoisotopic (exact) mass is 298 g/mol. The van der Waals surface area contributed by atoms with Crippen LogP contribution in [0.3, 0.4) is 0 Å². The standard InChI is InChI=1S/C14H16F2N2O3/c1-8(7-19)17-13(20)12-2-3-18(14(12)21)11-5-9(15)4-10(16)6-11/h4-6,8,12,19H,2-3,7H2,1H3,(H,17,20). The fourth-order valence-corrected chi connectivity index (χ4v) is 2.26. The highest BCUT2D eigenvalue weighted by Crippen LogP contribution is 2.26. The number of aliphatic hydroxyl groups excluding tert-OH is 1. The van der Waals surface area contributed by atoms with E-state index in [0.29, 0.717) is 0 Å². The average Bonchev–Trinajstić information content (AvgIpc) is 2.79. The molecule has 114 valence electrons. The number of nitrogens with zero attached hydrogens (tertiary/aromatic N) is 1. The van der Waals surface area contributed by atoms with Crippen LogP contribution in [0.25, 0.3) is 0 Å². The molecular formula is C14H16F2N2O3. The van der Waals surface area contributed by atoms with Crippen LogP contribution in [0.1, 0.15) is 13.3 Å². The number of hydrogen-bond acceptors (Lipinski definition) is 3. The molecule has 1 saturated heterocycles. The molecule has 5 nitrogen and oxygen atoms in total. The summed E-state index contributed by atoms with van der Waals surface area (Å²) in [6, 6.07) is 2.37. The molecule has 2 N–H and O–H groups in total. The van der Waals surface area contributed by atoms with Gasteiger partial charge in [0.1, 0.15) is 17.6 Å². The van der Waals surface area contributed by atoms with Gasteiger partial charge in [0.2, 0.25) is 11.8 Å². The predicted molar refractivity (Wildman–Crippen MR) is 71.5 cm³/mol. The van der Waals surface area contributed by atoms with Crippen LogP contribution in [0, 0.1) is 17.6 Å². The summed E-state index contributed by atoms with van der Waals surface area (Å²) in [6.07, 6.45) is 0.265. The Morgan fingerprint density at radius 3 is 2.62 bits per heavy atom. The van der Waals surface area contributed by atoms with Crippen molar-refractivity contribution in [3.05, 3.63) is 29.8 Å². The molecule has 2 atom stereocenters. The molecule has 0 radical (unpaired) electrons. The number of benzene rings is 1. The molecule has 0 spiro atoms. The van der Waals surface area contributed by atoms with Crippen LogP contribution < -0.4 is 10.2 Å². The van der Waals surface area contributed by atoms with Crippen LogP contribution in [0.5, 0.6) is 0 Å². The summed E-state index contributed by atoms with van der Waals surface area (Å²) in [7, 11) is 0. The van der Waals surface area contributed by atoms with E-state index in [1.807, 2.05) is 0 Å². The number of carbonyl (C=O) groups excluding carboxylic acids is 2. The predicted octanol–water partition coefficient (Wildman–Crippen LogP) is 0.815. The summed E-state index contributed by atoms with van der Waals surface area (Å²) in [6.45, 7) is 1.59. The van der Waals surface area contributed by atoms with Crippen molar-refractivity contribution in [3.63, 3.8) is 0 Å². The van der Waals surface area contributed by atoms with Gasteiger partial charge in [-0.3, -0.25) is 9.59 Å². The van der Waals surface area contributed by atoms with Crippen molar-refractivity contribution in [2.24, 2.45) is 5.92 Å². The first-order valence-electron chi connectivity index (χ1n) is 6.61. The van der Waals surface area contributed by atoms with Gasteiger partial charge in [-0.15, -0.1) is 0 Å². The SMILES string of the molecule is CC(CO)NC(=O)C1CCN(c2cc(F)cc(F)c2)C1=O. The second-order valence-corrected chi connectivity index (χ2v) is 5.05. The van der Waals surface area contributed by atoms with Gasteiger partial charge in [-0.05, 0) is 25.5 Å². The van der Waals surface area contributed by atoms with E-state index in [9.17, 15) is 18.4 Å². The second-order valence-electron chi connectivity index (χ2n) is 5.05. The van der Waals surface area contributed by atoms with Gasteiger partial charge >= 0.3 is 0 Å². The summed E-state index contributed by atoms with van der Waals surface area (Å²) < 4.78 is 26.4. The quantitative estimate of drug-likeness (QED) is 0.808. The number of halogens is 2. The van der Waals surface area contributed by atoms with E-state index in [4.69, 9.17) is 5.11 Å². The molecule has 2 rings (SSSR count). The zero-order valence-corrected chi connectivity index (χ0v) is 11.5. The fourth-order valence-electron chi connectivity index (χ4n) is 2.26. The topological polar surface area (TPSA) is 69.6 Å². The van der Waals surface area contributed by atoms with Crippen molar-refractivity contribution in [1.29, 1.82) is 0 Å². The molecule has 1 fully saturated rings. The molecule has 2 amide bonds. The third kappa shape index (κ3) is 3.36. The molecule has 21 heavy (non-hydrogen) atoms. The largest absolute Gasteiger partial charge is 0.394 e. The minimum absolute atomic E-state index is 0.100. The number of anilines is 1. The molecule has 1 aromatic carbocycles. The van der Waals surface area contributed by atoms with Crippen LogP contribution in [-0.4, -0.2) is 36.1 Å². The maximum Gasteiger partial charge on any atom is 0.239 e. The van der Waals surface area contributed by atoms with Crippen molar-refractivity contribution >= 4 is 17.5 Å². The molecule has 1 aliphatic rings. The van der Waals surface area contributed by atoms with Crippen LogP contribution in [-0.2, 0) is 9.59 Å². The summed E-state index contributed by atoms with van der Waals surface area (Å²) in [5.74, 6) is -3.44. The minimum atomic E-state index is -0.898. The first-order valence-corrected chi connectivity index (χ1v) is 6.61. The van der Waals surface area contributed by atoms with Crippen LogP contribution >= 0.6 is 0 Å². The maximum absolute atomic E-state index is 13.2. The maximum atomic E-state index is 13.2. The van der Waals surface area contributed by atoms with E-state index in [0.717, 1.165) is 18.2 Å². The van der Waals surface area contributed by atoms with Crippen molar-refractivity contribution in [1.82, 2.24) is 5.32 Å². The summed E-state index contributed by atoms with van der Waals surface area (Å²) in [5.41, 5.74) is 0.100. The second kappa shape index (κ2) is 6.17. The first-order chi connectivity index (χ1) is 9.92. The molecule has 2 unspecified atom stereocenters. The van der Waals surface area contributed by atoms with Gasteiger partial charge in [0.05, 0.1) is 6.61 Å². The summed E-state index contributed by atoms with van der Waals surface area (Å²) in [4.78, 5) is 25.3. The molecule has 1 aliphatic heterocycles. The Balaban J connectivity index is 2.12. The lowest BCUT2D eigenvalue weighted by molar-refractivity contribution is -0.132. The number of carbonyl (C=O) groups is 2. The zero-order chi connectivity index (χ0) is 15.6. The van der Waals surface area contributed by atoms with Gasteiger partial charge in [-0.1, -0.05) is 0 Å². The number of aliphatic hydroxyl groups is 1. The van der Waals surface area contributed by atoms with Gasteiger partial charge in [0, 0.05) is 24.3 Å². The lowest BCUT2D eigenvalue weighted by Gasteiger charge is -2.18. The van der Waals surface area contributed by atoms with E-state index in [1.54, 1.807) is 6.92 Å². The summed E-state index contributed by atoms with van der Waals surface area (Å²) >= 11 is 0. The highest BCUT2D eigenvalue weighted by atomic mass is 19.1. The number of rotatable bonds is 4. The molecule has 0 aromatic heterocycles. The Labute approximate surface area is 120 Å². The third-order valence-corrected chi connectivity index (χ3v) is 3.34. The van der Waals surface area contributed by atoms with Gasteiger partial charge in [0.25, 0.3) is 0 Å². The average molecular weight is 298 g/mol. The normalized spacial score (nSPS) is 19.7. The van der Waals surface area contributed by atoms with E-state index in [2.05, 4.69) is 5.32 Å². The smallest absolute Gasteiger partial charge is 0.239 e. The number of amides is 2. The molecule has 1 aromatic rings. The molecule has 0 saturated carbocycles. The van der Waals surface area contributed by atoms with Gasteiger partial charge in [-0.2, -0.15) is 0 Å². The third-order valence-electron chi connectivity index (χ3n) is 3.34. The molecule has 1 heterocycles. The van der Waals surface area contributed by atoms with E-state index in [-0.39, 0.29) is 25.3 Å². The highest BCUT2D eigenvalue weighted by molar-refractivity contribution is 6.09. The molecule has 7 heteroatoms. The molecule has 0 bridgehead atoms. The van der Waals surface area contributed by atoms with Crippen molar-refractivity contribution in [2.75, 3.05) is 18.1 Å². The zero-order valence-electron chi connectivity index (χ0n) is 11.5. The Morgan fingerprint density at radius 1 is 1.43 bits per heavy atom. The first kappa shape index (κ1) is 15.4. The Hall–Kier alpha value is -2.02. The Bertz CT molecular complexity index is 545. The molecule has 0 aliphatic carbocycles. The van der Waals surface area contributed by atoms with Gasteiger partial charge in [0.15, 0.2) is 0 Å². The van der Waals surface area contributed by atoms with Crippen LogP contribution in [0.4, 0.5) is 14.5 Å². The van der Waals surface area contributed by atoms with Gasteiger partial charge < -0.3 is 15.3 Å². The van der Waals surface area contributed by atoms with Crippen LogP contribution in [0.15, 0.2) is 18.2 Å². The van der Waals surface area contributed by atoms with E-state index >= 15 is 0 Å². The van der Waals surface area contributed by atoms with Crippen LogP contribution in [0.2, 0.25) is 0 Å². The molecular weight excluding hydrogens is 282 g/mol. The fraction of sp³-hybridized carbons (Fsp3) is 0.429. The Kier molecular flexibility index (Phi) is 4.52. The van der Waals surface area contributed by atoms with Gasteiger partial charge in [-0.25, -0.2) is 8.78 Å². The van der Waals surface area contributed by atoms with E-state index < -0.39 is 35.4 Å². The highest BCUT2D eigenvalue weighted by Gasteiger charge is 2.38. The summed E-state index contributed by atoms with van der Waals surface area (Å²) in [5, 5.41) is 11.4. The number of nitrogens with one attached hydrogen (secondary N) is 1. The van der Waals surface area contributed by atoms with Crippen molar-refractivity contribution in [3.8, 4) is 0 Å². The minimum Gasteiger partial charge on any atom is -0.394 e. The van der Waals surface area contributed by atoms with E-state index in [1.165, 1.54) is 4.90 Å².